The molecule has 0 aromatic heterocycles. The van der Waals surface area contributed by atoms with Crippen LogP contribution < -0.4 is 9.64 Å². The van der Waals surface area contributed by atoms with Crippen molar-refractivity contribution in [2.45, 2.75) is 103 Å². The van der Waals surface area contributed by atoms with E-state index in [0.717, 1.165) is 38.3 Å². The number of piperazine rings is 1. The Morgan fingerprint density at radius 1 is 0.727 bits per heavy atom. The first-order valence-corrected chi connectivity index (χ1v) is 14.1. The molecule has 1 aromatic rings. The number of rotatable bonds is 20. The number of ether oxygens (including phenoxy) is 1. The SMILES string of the molecule is C=CCCCCCCCOc1ccc(N2CCN(CCCCCCCCCCC)CC2)cc1. The number of allylic oxidation sites excluding steroid dienone is 1. The van der Waals surface area contributed by atoms with Crippen molar-refractivity contribution in [2.75, 3.05) is 44.2 Å². The standard InChI is InChI=1S/C30H52N2O/c1-3-5-7-9-11-12-13-15-17-23-31-24-26-32(27-25-31)29-19-21-30(22-20-29)33-28-18-16-14-10-8-6-4-2/h4,19-22H,2-3,5-18,23-28H2,1H3. The van der Waals surface area contributed by atoms with Crippen molar-refractivity contribution in [1.29, 1.82) is 0 Å². The zero-order valence-corrected chi connectivity index (χ0v) is 21.7. The molecule has 3 nitrogen and oxygen atoms in total. The highest BCUT2D eigenvalue weighted by Crippen LogP contribution is 2.21. The van der Waals surface area contributed by atoms with Gasteiger partial charge in [-0.3, -0.25) is 4.90 Å². The number of hydrogen-bond acceptors (Lipinski definition) is 3. The molecule has 1 heterocycles. The predicted octanol–water partition coefficient (Wildman–Crippen LogP) is 8.24. The van der Waals surface area contributed by atoms with Gasteiger partial charge in [-0.25, -0.2) is 0 Å². The van der Waals surface area contributed by atoms with Crippen molar-refractivity contribution in [3.63, 3.8) is 0 Å². The van der Waals surface area contributed by atoms with Crippen LogP contribution in [0.3, 0.4) is 0 Å². The van der Waals surface area contributed by atoms with Crippen LogP contribution in [-0.2, 0) is 0 Å². The summed E-state index contributed by atoms with van der Waals surface area (Å²) in [7, 11) is 0. The third-order valence-corrected chi connectivity index (χ3v) is 6.97. The lowest BCUT2D eigenvalue weighted by Gasteiger charge is -2.36. The first-order valence-electron chi connectivity index (χ1n) is 14.1. The van der Waals surface area contributed by atoms with E-state index >= 15 is 0 Å². The molecular formula is C30H52N2O. The molecule has 0 atom stereocenters. The third-order valence-electron chi connectivity index (χ3n) is 6.97. The van der Waals surface area contributed by atoms with Gasteiger partial charge in [-0.2, -0.15) is 0 Å². The molecule has 3 heteroatoms. The molecule has 1 aliphatic heterocycles. The lowest BCUT2D eigenvalue weighted by atomic mass is 10.1. The van der Waals surface area contributed by atoms with E-state index < -0.39 is 0 Å². The van der Waals surface area contributed by atoms with Gasteiger partial charge < -0.3 is 9.64 Å². The van der Waals surface area contributed by atoms with Gasteiger partial charge >= 0.3 is 0 Å². The summed E-state index contributed by atoms with van der Waals surface area (Å²) in [6.07, 6.45) is 22.2. The summed E-state index contributed by atoms with van der Waals surface area (Å²) in [5, 5.41) is 0. The molecule has 0 spiro atoms. The molecule has 188 valence electrons. The van der Waals surface area contributed by atoms with Crippen LogP contribution >= 0.6 is 0 Å². The molecule has 1 saturated heterocycles. The summed E-state index contributed by atoms with van der Waals surface area (Å²) >= 11 is 0. The highest BCUT2D eigenvalue weighted by molar-refractivity contribution is 5.49. The van der Waals surface area contributed by atoms with Crippen LogP contribution in [0.4, 0.5) is 5.69 Å². The number of hydrogen-bond donors (Lipinski definition) is 0. The molecule has 0 amide bonds. The van der Waals surface area contributed by atoms with Crippen molar-refractivity contribution in [3.8, 4) is 5.75 Å². The van der Waals surface area contributed by atoms with Crippen LogP contribution in [0.25, 0.3) is 0 Å². The van der Waals surface area contributed by atoms with Crippen molar-refractivity contribution in [3.05, 3.63) is 36.9 Å². The van der Waals surface area contributed by atoms with E-state index in [1.807, 2.05) is 6.08 Å². The van der Waals surface area contributed by atoms with Gasteiger partial charge in [0.25, 0.3) is 0 Å². The molecule has 0 N–H and O–H groups in total. The molecule has 0 saturated carbocycles. The minimum atomic E-state index is 0.832. The Bertz CT molecular complexity index is 577. The fourth-order valence-corrected chi connectivity index (χ4v) is 4.74. The van der Waals surface area contributed by atoms with Crippen molar-refractivity contribution < 1.29 is 4.74 Å². The second-order valence-electron chi connectivity index (χ2n) is 9.84. The number of unbranched alkanes of at least 4 members (excludes halogenated alkanes) is 13. The molecule has 2 rings (SSSR count). The van der Waals surface area contributed by atoms with Crippen LogP contribution in [0.1, 0.15) is 103 Å². The molecule has 1 fully saturated rings. The second kappa shape index (κ2) is 18.9. The van der Waals surface area contributed by atoms with E-state index in [-0.39, 0.29) is 0 Å². The Morgan fingerprint density at radius 2 is 1.30 bits per heavy atom. The quantitative estimate of drug-likeness (QED) is 0.145. The highest BCUT2D eigenvalue weighted by atomic mass is 16.5. The van der Waals surface area contributed by atoms with Gasteiger partial charge in [0.1, 0.15) is 5.75 Å². The van der Waals surface area contributed by atoms with Crippen molar-refractivity contribution in [1.82, 2.24) is 4.90 Å². The fourth-order valence-electron chi connectivity index (χ4n) is 4.74. The van der Waals surface area contributed by atoms with Crippen LogP contribution in [0.5, 0.6) is 5.75 Å². The van der Waals surface area contributed by atoms with Crippen LogP contribution in [0, 0.1) is 0 Å². The zero-order valence-electron chi connectivity index (χ0n) is 21.7. The number of anilines is 1. The highest BCUT2D eigenvalue weighted by Gasteiger charge is 2.16. The molecule has 0 unspecified atom stereocenters. The van der Waals surface area contributed by atoms with E-state index in [9.17, 15) is 0 Å². The molecule has 1 aromatic carbocycles. The van der Waals surface area contributed by atoms with Crippen LogP contribution in [0.15, 0.2) is 36.9 Å². The summed E-state index contributed by atoms with van der Waals surface area (Å²) < 4.78 is 5.95. The normalized spacial score (nSPS) is 14.5. The fraction of sp³-hybridized carbons (Fsp3) is 0.733. The largest absolute Gasteiger partial charge is 0.494 e. The molecule has 0 radical (unpaired) electrons. The van der Waals surface area contributed by atoms with Gasteiger partial charge in [0.15, 0.2) is 0 Å². The van der Waals surface area contributed by atoms with E-state index in [0.29, 0.717) is 0 Å². The maximum absolute atomic E-state index is 5.95. The Balaban J connectivity index is 1.49. The summed E-state index contributed by atoms with van der Waals surface area (Å²) in [6, 6.07) is 8.77. The van der Waals surface area contributed by atoms with Gasteiger partial charge in [-0.05, 0) is 56.5 Å². The minimum Gasteiger partial charge on any atom is -0.494 e. The maximum atomic E-state index is 5.95. The lowest BCUT2D eigenvalue weighted by molar-refractivity contribution is 0.252. The van der Waals surface area contributed by atoms with Gasteiger partial charge in [-0.15, -0.1) is 6.58 Å². The van der Waals surface area contributed by atoms with Crippen molar-refractivity contribution >= 4 is 5.69 Å². The monoisotopic (exact) mass is 456 g/mol. The van der Waals surface area contributed by atoms with Crippen LogP contribution in [-0.4, -0.2) is 44.2 Å². The Labute approximate surface area is 205 Å². The summed E-state index contributed by atoms with van der Waals surface area (Å²) in [5.41, 5.74) is 1.34. The predicted molar refractivity (Wildman–Crippen MR) is 146 cm³/mol. The average molecular weight is 457 g/mol. The Kier molecular flexibility index (Phi) is 15.9. The molecular weight excluding hydrogens is 404 g/mol. The van der Waals surface area contributed by atoms with Gasteiger partial charge in [0, 0.05) is 31.9 Å². The van der Waals surface area contributed by atoms with Gasteiger partial charge in [0.2, 0.25) is 0 Å². The number of nitrogens with zero attached hydrogens (tertiary/aromatic N) is 2. The zero-order chi connectivity index (χ0) is 23.4. The van der Waals surface area contributed by atoms with Gasteiger partial charge in [0.05, 0.1) is 6.61 Å². The lowest BCUT2D eigenvalue weighted by Crippen LogP contribution is -2.46. The summed E-state index contributed by atoms with van der Waals surface area (Å²) in [5.74, 6) is 1.01. The van der Waals surface area contributed by atoms with E-state index in [1.54, 1.807) is 0 Å². The minimum absolute atomic E-state index is 0.832. The molecule has 0 aliphatic carbocycles. The first kappa shape index (κ1) is 27.8. The molecule has 1 aliphatic rings. The molecule has 0 bridgehead atoms. The average Bonchev–Trinajstić information content (AvgIpc) is 2.85. The summed E-state index contributed by atoms with van der Waals surface area (Å²) in [6.45, 7) is 12.9. The number of benzene rings is 1. The Hall–Kier alpha value is -1.48. The van der Waals surface area contributed by atoms with E-state index in [4.69, 9.17) is 4.74 Å². The molecule has 33 heavy (non-hydrogen) atoms. The topological polar surface area (TPSA) is 15.7 Å². The summed E-state index contributed by atoms with van der Waals surface area (Å²) in [4.78, 5) is 5.19. The Morgan fingerprint density at radius 3 is 1.94 bits per heavy atom. The maximum Gasteiger partial charge on any atom is 0.119 e. The van der Waals surface area contributed by atoms with Crippen LogP contribution in [0.2, 0.25) is 0 Å². The second-order valence-corrected chi connectivity index (χ2v) is 9.84. The first-order chi connectivity index (χ1) is 16.3. The van der Waals surface area contributed by atoms with Crippen molar-refractivity contribution in [2.24, 2.45) is 0 Å². The van der Waals surface area contributed by atoms with E-state index in [2.05, 4.69) is 47.6 Å². The van der Waals surface area contributed by atoms with E-state index in [1.165, 1.54) is 109 Å². The smallest absolute Gasteiger partial charge is 0.119 e. The third kappa shape index (κ3) is 13.1. The van der Waals surface area contributed by atoms with Gasteiger partial charge in [-0.1, -0.05) is 83.6 Å².